The molecule has 4 heteroatoms. The third-order valence-corrected chi connectivity index (χ3v) is 7.41. The Bertz CT molecular complexity index is 863. The van der Waals surface area contributed by atoms with E-state index in [2.05, 4.69) is 58.2 Å². The standard InChI is InChI=1S/C22H22INO2/c1-26-22(25)13-4-2-12(3-5-13)21-20-15-7-6-14(10-15)19(20)17-11-16(23)8-9-18(17)24-21/h2-5,8-9,11,14-15,19-21,24H,6-7,10H2,1H3/t14-,15-,19+,20+,21-/m0/s1. The lowest BCUT2D eigenvalue weighted by atomic mass is 9.68. The van der Waals surface area contributed by atoms with Crippen molar-refractivity contribution in [1.82, 2.24) is 0 Å². The van der Waals surface area contributed by atoms with Crippen LogP contribution >= 0.6 is 22.6 Å². The van der Waals surface area contributed by atoms with E-state index in [0.29, 0.717) is 23.4 Å². The lowest BCUT2D eigenvalue weighted by Gasteiger charge is -2.43. The number of rotatable bonds is 2. The number of carbonyl (C=O) groups excluding carboxylic acids is 1. The second-order valence-electron chi connectivity index (χ2n) is 7.90. The maximum atomic E-state index is 11.7. The first-order chi connectivity index (χ1) is 12.7. The summed E-state index contributed by atoms with van der Waals surface area (Å²) in [7, 11) is 1.43. The van der Waals surface area contributed by atoms with Gasteiger partial charge in [0.1, 0.15) is 0 Å². The number of hydrogen-bond acceptors (Lipinski definition) is 3. The SMILES string of the molecule is COC(=O)c1ccc([C@@H]2Nc3ccc(I)cc3[C@H]3[C@H]4CC[C@@H](C4)[C@H]32)cc1. The van der Waals surface area contributed by atoms with Crippen LogP contribution in [-0.2, 0) is 4.74 Å². The molecule has 3 nitrogen and oxygen atoms in total. The number of halogens is 1. The molecule has 0 amide bonds. The Morgan fingerprint density at radius 1 is 1.12 bits per heavy atom. The molecule has 3 aliphatic rings. The van der Waals surface area contributed by atoms with E-state index in [1.54, 1.807) is 0 Å². The smallest absolute Gasteiger partial charge is 0.337 e. The summed E-state index contributed by atoms with van der Waals surface area (Å²) in [6.45, 7) is 0. The highest BCUT2D eigenvalue weighted by atomic mass is 127. The second kappa shape index (κ2) is 6.25. The van der Waals surface area contributed by atoms with Crippen molar-refractivity contribution in [3.05, 3.63) is 62.7 Å². The quantitative estimate of drug-likeness (QED) is 0.485. The lowest BCUT2D eigenvalue weighted by molar-refractivity contribution is 0.0600. The number of methoxy groups -OCH3 is 1. The van der Waals surface area contributed by atoms with E-state index in [1.807, 2.05) is 12.1 Å². The molecule has 0 unspecified atom stereocenters. The van der Waals surface area contributed by atoms with Crippen LogP contribution in [0.1, 0.15) is 52.7 Å². The number of esters is 1. The number of hydrogen-bond donors (Lipinski definition) is 1. The monoisotopic (exact) mass is 459 g/mol. The van der Waals surface area contributed by atoms with E-state index >= 15 is 0 Å². The van der Waals surface area contributed by atoms with E-state index in [0.717, 1.165) is 11.8 Å². The molecule has 2 saturated carbocycles. The van der Waals surface area contributed by atoms with Crippen LogP contribution in [0.2, 0.25) is 0 Å². The summed E-state index contributed by atoms with van der Waals surface area (Å²) in [5.74, 6) is 2.70. The van der Waals surface area contributed by atoms with Crippen LogP contribution in [-0.4, -0.2) is 13.1 Å². The largest absolute Gasteiger partial charge is 0.465 e. The van der Waals surface area contributed by atoms with Gasteiger partial charge in [0.15, 0.2) is 0 Å². The first kappa shape index (κ1) is 16.6. The highest BCUT2D eigenvalue weighted by molar-refractivity contribution is 14.1. The minimum atomic E-state index is -0.272. The molecule has 5 rings (SSSR count). The van der Waals surface area contributed by atoms with Crippen LogP contribution in [0.15, 0.2) is 42.5 Å². The Labute approximate surface area is 167 Å². The van der Waals surface area contributed by atoms with Gasteiger partial charge in [0, 0.05) is 9.26 Å². The average Bonchev–Trinajstić information content (AvgIpc) is 3.29. The van der Waals surface area contributed by atoms with Crippen molar-refractivity contribution in [3.8, 4) is 0 Å². The normalized spacial score (nSPS) is 31.1. The third-order valence-electron chi connectivity index (χ3n) is 6.74. The number of anilines is 1. The van der Waals surface area contributed by atoms with Crippen LogP contribution in [0.5, 0.6) is 0 Å². The minimum absolute atomic E-state index is 0.272. The van der Waals surface area contributed by atoms with Crippen molar-refractivity contribution in [2.24, 2.45) is 17.8 Å². The molecule has 0 aromatic heterocycles. The van der Waals surface area contributed by atoms with Gasteiger partial charge in [0.2, 0.25) is 0 Å². The Kier molecular flexibility index (Phi) is 3.99. The van der Waals surface area contributed by atoms with Crippen molar-refractivity contribution >= 4 is 34.2 Å². The molecular formula is C22H22INO2. The predicted molar refractivity (Wildman–Crippen MR) is 110 cm³/mol. The van der Waals surface area contributed by atoms with Gasteiger partial charge in [0.05, 0.1) is 18.7 Å². The topological polar surface area (TPSA) is 38.3 Å². The number of benzene rings is 2. The van der Waals surface area contributed by atoms with Gasteiger partial charge >= 0.3 is 5.97 Å². The van der Waals surface area contributed by atoms with E-state index < -0.39 is 0 Å². The van der Waals surface area contributed by atoms with Crippen molar-refractivity contribution in [3.63, 3.8) is 0 Å². The predicted octanol–water partition coefficient (Wildman–Crippen LogP) is 5.37. The van der Waals surface area contributed by atoms with Crippen molar-refractivity contribution in [1.29, 1.82) is 0 Å². The Morgan fingerprint density at radius 2 is 1.88 bits per heavy atom. The van der Waals surface area contributed by atoms with Crippen molar-refractivity contribution < 1.29 is 9.53 Å². The fraction of sp³-hybridized carbons (Fsp3) is 0.409. The molecule has 2 aromatic rings. The Hall–Kier alpha value is -1.56. The van der Waals surface area contributed by atoms with Crippen molar-refractivity contribution in [2.75, 3.05) is 12.4 Å². The van der Waals surface area contributed by atoms with E-state index in [-0.39, 0.29) is 5.97 Å². The molecule has 26 heavy (non-hydrogen) atoms. The van der Waals surface area contributed by atoms with Crippen LogP contribution in [0, 0.1) is 21.3 Å². The van der Waals surface area contributed by atoms with Gasteiger partial charge in [-0.05, 0) is 107 Å². The summed E-state index contributed by atoms with van der Waals surface area (Å²) >= 11 is 2.43. The molecule has 1 N–H and O–H groups in total. The van der Waals surface area contributed by atoms with Gasteiger partial charge < -0.3 is 10.1 Å². The first-order valence-electron chi connectivity index (χ1n) is 9.40. The molecule has 1 heterocycles. The zero-order valence-corrected chi connectivity index (χ0v) is 16.9. The summed E-state index contributed by atoms with van der Waals surface area (Å²) in [6.07, 6.45) is 4.12. The fourth-order valence-corrected chi connectivity index (χ4v) is 6.25. The van der Waals surface area contributed by atoms with E-state index in [4.69, 9.17) is 4.74 Å². The van der Waals surface area contributed by atoms with Crippen LogP contribution in [0.3, 0.4) is 0 Å². The average molecular weight is 459 g/mol. The van der Waals surface area contributed by atoms with Gasteiger partial charge in [0.25, 0.3) is 0 Å². The molecule has 5 atom stereocenters. The third kappa shape index (κ3) is 2.48. The van der Waals surface area contributed by atoms with Crippen LogP contribution < -0.4 is 5.32 Å². The molecular weight excluding hydrogens is 437 g/mol. The van der Waals surface area contributed by atoms with Gasteiger partial charge in [-0.25, -0.2) is 4.79 Å². The highest BCUT2D eigenvalue weighted by Gasteiger charge is 2.53. The fourth-order valence-electron chi connectivity index (χ4n) is 5.73. The molecule has 1 aliphatic heterocycles. The molecule has 2 bridgehead atoms. The summed E-state index contributed by atoms with van der Waals surface area (Å²) < 4.78 is 6.16. The number of carbonyl (C=O) groups is 1. The number of ether oxygens (including phenoxy) is 1. The molecule has 0 saturated heterocycles. The zero-order valence-electron chi connectivity index (χ0n) is 14.7. The first-order valence-corrected chi connectivity index (χ1v) is 10.5. The Balaban J connectivity index is 1.55. The summed E-state index contributed by atoms with van der Waals surface area (Å²) in [5.41, 5.74) is 4.72. The van der Waals surface area contributed by atoms with Crippen LogP contribution in [0.4, 0.5) is 5.69 Å². The second-order valence-corrected chi connectivity index (χ2v) is 9.15. The maximum Gasteiger partial charge on any atom is 0.337 e. The summed E-state index contributed by atoms with van der Waals surface area (Å²) in [4.78, 5) is 11.7. The van der Waals surface area contributed by atoms with Crippen molar-refractivity contribution in [2.45, 2.75) is 31.2 Å². The van der Waals surface area contributed by atoms with E-state index in [1.165, 1.54) is 46.8 Å². The van der Waals surface area contributed by atoms with Gasteiger partial charge in [-0.2, -0.15) is 0 Å². The maximum absolute atomic E-state index is 11.7. The molecule has 2 aromatic carbocycles. The molecule has 0 radical (unpaired) electrons. The molecule has 2 fully saturated rings. The minimum Gasteiger partial charge on any atom is -0.465 e. The van der Waals surface area contributed by atoms with Gasteiger partial charge in [-0.1, -0.05) is 12.1 Å². The Morgan fingerprint density at radius 3 is 2.65 bits per heavy atom. The van der Waals surface area contributed by atoms with Gasteiger partial charge in [-0.3, -0.25) is 0 Å². The molecule has 134 valence electrons. The highest BCUT2D eigenvalue weighted by Crippen LogP contribution is 2.63. The zero-order chi connectivity index (χ0) is 17.8. The molecule has 2 aliphatic carbocycles. The summed E-state index contributed by atoms with van der Waals surface area (Å²) in [5, 5.41) is 3.84. The molecule has 0 spiro atoms. The number of nitrogens with one attached hydrogen (secondary N) is 1. The van der Waals surface area contributed by atoms with Crippen LogP contribution in [0.25, 0.3) is 0 Å². The lowest BCUT2D eigenvalue weighted by Crippen LogP contribution is -2.35. The van der Waals surface area contributed by atoms with Gasteiger partial charge in [-0.15, -0.1) is 0 Å². The summed E-state index contributed by atoms with van der Waals surface area (Å²) in [6, 6.07) is 15.2. The number of fused-ring (bicyclic) bond motifs is 7. The van der Waals surface area contributed by atoms with E-state index in [9.17, 15) is 4.79 Å².